The van der Waals surface area contributed by atoms with Crippen molar-refractivity contribution in [3.63, 3.8) is 0 Å². The molecule has 0 aliphatic heterocycles. The van der Waals surface area contributed by atoms with Crippen LogP contribution in [0.3, 0.4) is 0 Å². The van der Waals surface area contributed by atoms with E-state index in [2.05, 4.69) is 29.3 Å². The Balaban J connectivity index is 1.90. The van der Waals surface area contributed by atoms with Gasteiger partial charge in [0.15, 0.2) is 0 Å². The number of anilines is 2. The summed E-state index contributed by atoms with van der Waals surface area (Å²) in [7, 11) is 2.19. The first-order valence-corrected chi connectivity index (χ1v) is 6.90. The summed E-state index contributed by atoms with van der Waals surface area (Å²) >= 11 is 0. The molecule has 5 heteroatoms. The minimum atomic E-state index is 0.789. The standard InChI is InChI=1S/C13H25N5/c1-4-8-18-13(12(14)10(2)16-18)15-7-9-17(3)11-5-6-11/h11,15H,4-9,14H2,1-3H3. The Morgan fingerprint density at radius 2 is 2.22 bits per heavy atom. The van der Waals surface area contributed by atoms with Crippen molar-refractivity contribution >= 4 is 11.5 Å². The fourth-order valence-electron chi connectivity index (χ4n) is 2.20. The zero-order valence-corrected chi connectivity index (χ0v) is 11.7. The van der Waals surface area contributed by atoms with Gasteiger partial charge in [0.25, 0.3) is 0 Å². The van der Waals surface area contributed by atoms with Crippen LogP contribution < -0.4 is 11.1 Å². The molecule has 18 heavy (non-hydrogen) atoms. The van der Waals surface area contributed by atoms with Gasteiger partial charge >= 0.3 is 0 Å². The van der Waals surface area contributed by atoms with Gasteiger partial charge in [0.1, 0.15) is 5.82 Å². The van der Waals surface area contributed by atoms with Gasteiger partial charge in [0.05, 0.1) is 11.4 Å². The van der Waals surface area contributed by atoms with E-state index in [0.29, 0.717) is 0 Å². The summed E-state index contributed by atoms with van der Waals surface area (Å²) in [6.07, 6.45) is 3.77. The molecule has 0 unspecified atom stereocenters. The number of nitrogen functional groups attached to an aromatic ring is 1. The number of hydrogen-bond donors (Lipinski definition) is 2. The third kappa shape index (κ3) is 2.96. The highest BCUT2D eigenvalue weighted by Gasteiger charge is 2.25. The summed E-state index contributed by atoms with van der Waals surface area (Å²) in [5.74, 6) is 0.985. The first kappa shape index (κ1) is 13.2. The highest BCUT2D eigenvalue weighted by Crippen LogP contribution is 2.25. The molecule has 1 aromatic heterocycles. The number of nitrogens with two attached hydrogens (primary N) is 1. The smallest absolute Gasteiger partial charge is 0.148 e. The molecule has 0 radical (unpaired) electrons. The molecule has 0 aromatic carbocycles. The number of aryl methyl sites for hydroxylation is 2. The number of likely N-dealkylation sites (N-methyl/N-ethyl adjacent to an activating group) is 1. The molecule has 1 fully saturated rings. The van der Waals surface area contributed by atoms with E-state index >= 15 is 0 Å². The minimum Gasteiger partial charge on any atom is -0.394 e. The third-order valence-electron chi connectivity index (χ3n) is 3.54. The highest BCUT2D eigenvalue weighted by molar-refractivity contribution is 5.64. The van der Waals surface area contributed by atoms with E-state index in [-0.39, 0.29) is 0 Å². The first-order valence-electron chi connectivity index (χ1n) is 6.90. The molecule has 1 aromatic rings. The SMILES string of the molecule is CCCn1nc(C)c(N)c1NCCN(C)C1CC1. The van der Waals surface area contributed by atoms with Gasteiger partial charge in [0.2, 0.25) is 0 Å². The van der Waals surface area contributed by atoms with E-state index in [1.54, 1.807) is 0 Å². The van der Waals surface area contributed by atoms with E-state index in [1.165, 1.54) is 12.8 Å². The summed E-state index contributed by atoms with van der Waals surface area (Å²) in [5.41, 5.74) is 7.77. The third-order valence-corrected chi connectivity index (χ3v) is 3.54. The summed E-state index contributed by atoms with van der Waals surface area (Å²) < 4.78 is 1.99. The molecule has 0 amide bonds. The lowest BCUT2D eigenvalue weighted by Gasteiger charge is -2.17. The monoisotopic (exact) mass is 251 g/mol. The molecule has 5 nitrogen and oxygen atoms in total. The minimum absolute atomic E-state index is 0.789. The molecule has 1 aliphatic rings. The van der Waals surface area contributed by atoms with Crippen LogP contribution in [-0.4, -0.2) is 40.9 Å². The van der Waals surface area contributed by atoms with Gasteiger partial charge in [-0.25, -0.2) is 4.68 Å². The summed E-state index contributed by atoms with van der Waals surface area (Å²) in [6.45, 7) is 7.01. The van der Waals surface area contributed by atoms with Crippen molar-refractivity contribution in [3.8, 4) is 0 Å². The van der Waals surface area contributed by atoms with Crippen molar-refractivity contribution < 1.29 is 0 Å². The van der Waals surface area contributed by atoms with Crippen LogP contribution in [0.2, 0.25) is 0 Å². The molecular formula is C13H25N5. The van der Waals surface area contributed by atoms with Crippen LogP contribution >= 0.6 is 0 Å². The predicted octanol–water partition coefficient (Wildman–Crippen LogP) is 1.69. The normalized spacial score (nSPS) is 15.3. The van der Waals surface area contributed by atoms with Crippen LogP contribution in [0.25, 0.3) is 0 Å². The molecule has 1 aliphatic carbocycles. The Bertz CT molecular complexity index is 394. The summed E-state index contributed by atoms with van der Waals surface area (Å²) in [5, 5.41) is 7.90. The Morgan fingerprint density at radius 3 is 2.83 bits per heavy atom. The quantitative estimate of drug-likeness (QED) is 0.774. The van der Waals surface area contributed by atoms with Gasteiger partial charge < -0.3 is 16.0 Å². The summed E-state index contributed by atoms with van der Waals surface area (Å²) in [6, 6.07) is 0.812. The second kappa shape index (κ2) is 5.61. The molecule has 1 heterocycles. The topological polar surface area (TPSA) is 59.1 Å². The van der Waals surface area contributed by atoms with Crippen molar-refractivity contribution in [1.29, 1.82) is 0 Å². The zero-order chi connectivity index (χ0) is 13.1. The van der Waals surface area contributed by atoms with Gasteiger partial charge in [-0.15, -0.1) is 0 Å². The molecule has 0 saturated heterocycles. The van der Waals surface area contributed by atoms with Gasteiger partial charge in [-0.1, -0.05) is 6.92 Å². The Kier molecular flexibility index (Phi) is 4.11. The predicted molar refractivity (Wildman–Crippen MR) is 75.8 cm³/mol. The highest BCUT2D eigenvalue weighted by atomic mass is 15.3. The number of nitrogens with one attached hydrogen (secondary N) is 1. The average molecular weight is 251 g/mol. The Morgan fingerprint density at radius 1 is 1.50 bits per heavy atom. The molecule has 2 rings (SSSR count). The van der Waals surface area contributed by atoms with E-state index in [9.17, 15) is 0 Å². The maximum atomic E-state index is 6.06. The van der Waals surface area contributed by atoms with Gasteiger partial charge in [-0.3, -0.25) is 0 Å². The van der Waals surface area contributed by atoms with Crippen molar-refractivity contribution in [1.82, 2.24) is 14.7 Å². The zero-order valence-electron chi connectivity index (χ0n) is 11.7. The lowest BCUT2D eigenvalue weighted by Crippen LogP contribution is -2.27. The van der Waals surface area contributed by atoms with Crippen LogP contribution in [0.15, 0.2) is 0 Å². The van der Waals surface area contributed by atoms with Gasteiger partial charge in [-0.2, -0.15) is 5.10 Å². The van der Waals surface area contributed by atoms with E-state index in [1.807, 2.05) is 11.6 Å². The lowest BCUT2D eigenvalue weighted by molar-refractivity contribution is 0.337. The van der Waals surface area contributed by atoms with E-state index in [0.717, 1.165) is 49.3 Å². The second-order valence-electron chi connectivity index (χ2n) is 5.21. The van der Waals surface area contributed by atoms with Crippen molar-refractivity contribution in [2.24, 2.45) is 0 Å². The van der Waals surface area contributed by atoms with Gasteiger partial charge in [0, 0.05) is 25.7 Å². The number of rotatable bonds is 7. The van der Waals surface area contributed by atoms with E-state index < -0.39 is 0 Å². The number of nitrogens with zero attached hydrogens (tertiary/aromatic N) is 3. The number of aromatic nitrogens is 2. The molecular weight excluding hydrogens is 226 g/mol. The fraction of sp³-hybridized carbons (Fsp3) is 0.769. The molecule has 102 valence electrons. The van der Waals surface area contributed by atoms with Crippen LogP contribution in [0.5, 0.6) is 0 Å². The number of hydrogen-bond acceptors (Lipinski definition) is 4. The lowest BCUT2D eigenvalue weighted by atomic mass is 10.4. The van der Waals surface area contributed by atoms with E-state index in [4.69, 9.17) is 5.73 Å². The average Bonchev–Trinajstić information content (AvgIpc) is 3.13. The Labute approximate surface area is 109 Å². The van der Waals surface area contributed by atoms with Crippen molar-refractivity contribution in [2.45, 2.75) is 45.7 Å². The maximum absolute atomic E-state index is 6.06. The van der Waals surface area contributed by atoms with Crippen LogP contribution in [0.4, 0.5) is 11.5 Å². The van der Waals surface area contributed by atoms with Gasteiger partial charge in [-0.05, 0) is 33.2 Å². The molecule has 3 N–H and O–H groups in total. The maximum Gasteiger partial charge on any atom is 0.148 e. The Hall–Kier alpha value is -1.23. The molecule has 0 bridgehead atoms. The van der Waals surface area contributed by atoms with Crippen molar-refractivity contribution in [3.05, 3.63) is 5.69 Å². The van der Waals surface area contributed by atoms with Crippen LogP contribution in [-0.2, 0) is 6.54 Å². The molecule has 0 spiro atoms. The van der Waals surface area contributed by atoms with Crippen molar-refractivity contribution in [2.75, 3.05) is 31.2 Å². The molecule has 0 atom stereocenters. The summed E-state index contributed by atoms with van der Waals surface area (Å²) in [4.78, 5) is 2.41. The largest absolute Gasteiger partial charge is 0.394 e. The second-order valence-corrected chi connectivity index (χ2v) is 5.21. The first-order chi connectivity index (χ1) is 8.63. The molecule has 1 saturated carbocycles. The van der Waals surface area contributed by atoms with Crippen LogP contribution in [0.1, 0.15) is 31.9 Å². The van der Waals surface area contributed by atoms with Crippen LogP contribution in [0, 0.1) is 6.92 Å². The fourth-order valence-corrected chi connectivity index (χ4v) is 2.20.